The smallest absolute Gasteiger partial charge is 0.127 e. The molecule has 0 aromatic heterocycles. The van der Waals surface area contributed by atoms with Crippen molar-refractivity contribution in [2.75, 3.05) is 38.3 Å². The summed E-state index contributed by atoms with van der Waals surface area (Å²) in [7, 11) is 1.70. The monoisotopic (exact) mass is 423 g/mol. The fourth-order valence-corrected chi connectivity index (χ4v) is 4.10. The Morgan fingerprint density at radius 2 is 1.87 bits per heavy atom. The summed E-state index contributed by atoms with van der Waals surface area (Å²) in [5.74, 6) is 0.689. The lowest BCUT2D eigenvalue weighted by Gasteiger charge is -2.34. The molecule has 1 aliphatic heterocycles. The minimum atomic E-state index is -0.204. The minimum absolute atomic E-state index is 0.149. The molecule has 0 radical (unpaired) electrons. The Balaban J connectivity index is 1.41. The molecule has 0 spiro atoms. The first-order chi connectivity index (χ1) is 15.2. The van der Waals surface area contributed by atoms with Gasteiger partial charge in [0.05, 0.1) is 19.3 Å². The molecule has 3 aromatic carbocycles. The Morgan fingerprint density at radius 3 is 2.71 bits per heavy atom. The van der Waals surface area contributed by atoms with Crippen LogP contribution in [-0.4, -0.2) is 39.5 Å². The van der Waals surface area contributed by atoms with Gasteiger partial charge in [-0.3, -0.25) is 0 Å². The van der Waals surface area contributed by atoms with Gasteiger partial charge in [0.25, 0.3) is 0 Å². The SMILES string of the molecule is COCCCOc1cc(COC2CCCN(c3ccc(F)cc3)C2)cc2ccccc12. The molecule has 3 aromatic rings. The zero-order valence-electron chi connectivity index (χ0n) is 18.1. The molecule has 0 aliphatic carbocycles. The maximum atomic E-state index is 13.2. The van der Waals surface area contributed by atoms with Gasteiger partial charge in [0.1, 0.15) is 11.6 Å². The predicted molar refractivity (Wildman–Crippen MR) is 122 cm³/mol. The highest BCUT2D eigenvalue weighted by Gasteiger charge is 2.21. The van der Waals surface area contributed by atoms with E-state index < -0.39 is 0 Å². The van der Waals surface area contributed by atoms with Gasteiger partial charge in [-0.05, 0) is 60.2 Å². The van der Waals surface area contributed by atoms with Crippen LogP contribution in [0.2, 0.25) is 0 Å². The maximum Gasteiger partial charge on any atom is 0.127 e. The normalized spacial score (nSPS) is 16.6. The summed E-state index contributed by atoms with van der Waals surface area (Å²) < 4.78 is 30.7. The number of fused-ring (bicyclic) bond motifs is 1. The maximum absolute atomic E-state index is 13.2. The number of ether oxygens (including phenoxy) is 3. The van der Waals surface area contributed by atoms with Crippen molar-refractivity contribution in [2.24, 2.45) is 0 Å². The van der Waals surface area contributed by atoms with E-state index >= 15 is 0 Å². The number of anilines is 1. The van der Waals surface area contributed by atoms with E-state index in [4.69, 9.17) is 14.2 Å². The van der Waals surface area contributed by atoms with E-state index in [1.165, 1.54) is 12.1 Å². The summed E-state index contributed by atoms with van der Waals surface area (Å²) in [5, 5.41) is 2.27. The third-order valence-electron chi connectivity index (χ3n) is 5.69. The summed E-state index contributed by atoms with van der Waals surface area (Å²) in [6.07, 6.45) is 3.10. The first-order valence-electron chi connectivity index (χ1n) is 11.0. The third kappa shape index (κ3) is 5.75. The van der Waals surface area contributed by atoms with Crippen LogP contribution in [0.15, 0.2) is 60.7 Å². The van der Waals surface area contributed by atoms with Crippen molar-refractivity contribution in [3.63, 3.8) is 0 Å². The molecule has 5 heteroatoms. The Hall–Kier alpha value is -2.63. The molecule has 164 valence electrons. The number of nitrogens with zero attached hydrogens (tertiary/aromatic N) is 1. The van der Waals surface area contributed by atoms with Gasteiger partial charge in [0, 0.05) is 44.3 Å². The van der Waals surface area contributed by atoms with E-state index in [1.807, 2.05) is 24.3 Å². The van der Waals surface area contributed by atoms with E-state index in [2.05, 4.69) is 29.2 Å². The number of rotatable bonds is 9. The average molecular weight is 424 g/mol. The van der Waals surface area contributed by atoms with Gasteiger partial charge in [-0.1, -0.05) is 24.3 Å². The molecule has 0 amide bonds. The molecule has 4 rings (SSSR count). The summed E-state index contributed by atoms with van der Waals surface area (Å²) in [5.41, 5.74) is 2.16. The van der Waals surface area contributed by atoms with Crippen LogP contribution in [0.1, 0.15) is 24.8 Å². The number of piperidine rings is 1. The van der Waals surface area contributed by atoms with Crippen molar-refractivity contribution in [2.45, 2.75) is 32.0 Å². The van der Waals surface area contributed by atoms with Crippen LogP contribution in [0.3, 0.4) is 0 Å². The van der Waals surface area contributed by atoms with Gasteiger partial charge in [-0.25, -0.2) is 4.39 Å². The van der Waals surface area contributed by atoms with Gasteiger partial charge in [-0.15, -0.1) is 0 Å². The Morgan fingerprint density at radius 1 is 1.03 bits per heavy atom. The van der Waals surface area contributed by atoms with Crippen LogP contribution >= 0.6 is 0 Å². The molecule has 1 unspecified atom stereocenters. The van der Waals surface area contributed by atoms with Crippen molar-refractivity contribution in [1.29, 1.82) is 0 Å². The summed E-state index contributed by atoms with van der Waals surface area (Å²) >= 11 is 0. The van der Waals surface area contributed by atoms with E-state index in [9.17, 15) is 4.39 Å². The fourth-order valence-electron chi connectivity index (χ4n) is 4.10. The van der Waals surface area contributed by atoms with E-state index in [0.717, 1.165) is 60.1 Å². The number of hydrogen-bond donors (Lipinski definition) is 0. The van der Waals surface area contributed by atoms with E-state index in [-0.39, 0.29) is 11.9 Å². The molecule has 4 nitrogen and oxygen atoms in total. The summed E-state index contributed by atoms with van der Waals surface area (Å²) in [6, 6.07) is 19.3. The van der Waals surface area contributed by atoms with Crippen LogP contribution in [-0.2, 0) is 16.1 Å². The number of methoxy groups -OCH3 is 1. The van der Waals surface area contributed by atoms with Gasteiger partial charge < -0.3 is 19.1 Å². The molecule has 0 N–H and O–H groups in total. The highest BCUT2D eigenvalue weighted by atomic mass is 19.1. The largest absolute Gasteiger partial charge is 0.493 e. The van der Waals surface area contributed by atoms with Crippen molar-refractivity contribution in [3.8, 4) is 5.75 Å². The summed E-state index contributed by atoms with van der Waals surface area (Å²) in [4.78, 5) is 2.28. The molecule has 0 bridgehead atoms. The quantitative estimate of drug-likeness (QED) is 0.421. The van der Waals surface area contributed by atoms with Crippen LogP contribution in [0.4, 0.5) is 10.1 Å². The predicted octanol–water partition coefficient (Wildman–Crippen LogP) is 5.58. The lowest BCUT2D eigenvalue weighted by Crippen LogP contribution is -2.39. The standard InChI is InChI=1S/C26H30FNO3/c1-29-14-5-15-30-26-17-20(16-21-6-2-3-8-25(21)26)19-31-24-7-4-13-28(18-24)23-11-9-22(27)10-12-23/h2-3,6,8-12,16-17,24H,4-5,7,13-15,18-19H2,1H3. The molecule has 1 atom stereocenters. The topological polar surface area (TPSA) is 30.9 Å². The molecular formula is C26H30FNO3. The first-order valence-corrected chi connectivity index (χ1v) is 11.0. The van der Waals surface area contributed by atoms with Crippen LogP contribution in [0, 0.1) is 5.82 Å². The Bertz CT molecular complexity index is 976. The van der Waals surface area contributed by atoms with Gasteiger partial charge >= 0.3 is 0 Å². The van der Waals surface area contributed by atoms with Crippen LogP contribution < -0.4 is 9.64 Å². The van der Waals surface area contributed by atoms with E-state index in [0.29, 0.717) is 19.8 Å². The second-order valence-electron chi connectivity index (χ2n) is 8.01. The van der Waals surface area contributed by atoms with Crippen molar-refractivity contribution < 1.29 is 18.6 Å². The fraction of sp³-hybridized carbons (Fsp3) is 0.385. The van der Waals surface area contributed by atoms with Gasteiger partial charge in [0.15, 0.2) is 0 Å². The molecule has 1 aliphatic rings. The van der Waals surface area contributed by atoms with Crippen molar-refractivity contribution >= 4 is 16.5 Å². The lowest BCUT2D eigenvalue weighted by molar-refractivity contribution is 0.0315. The van der Waals surface area contributed by atoms with Crippen molar-refractivity contribution in [3.05, 3.63) is 72.0 Å². The van der Waals surface area contributed by atoms with E-state index in [1.54, 1.807) is 7.11 Å². The van der Waals surface area contributed by atoms with Gasteiger partial charge in [-0.2, -0.15) is 0 Å². The van der Waals surface area contributed by atoms with Crippen LogP contribution in [0.5, 0.6) is 5.75 Å². The Labute approximate surface area is 183 Å². The Kier molecular flexibility index (Phi) is 7.39. The third-order valence-corrected chi connectivity index (χ3v) is 5.69. The highest BCUT2D eigenvalue weighted by molar-refractivity contribution is 5.89. The molecule has 31 heavy (non-hydrogen) atoms. The molecular weight excluding hydrogens is 393 g/mol. The average Bonchev–Trinajstić information content (AvgIpc) is 2.81. The number of halogens is 1. The zero-order valence-corrected chi connectivity index (χ0v) is 18.1. The van der Waals surface area contributed by atoms with Gasteiger partial charge in [0.2, 0.25) is 0 Å². The molecule has 1 saturated heterocycles. The molecule has 0 saturated carbocycles. The number of hydrogen-bond acceptors (Lipinski definition) is 4. The van der Waals surface area contributed by atoms with Crippen LogP contribution in [0.25, 0.3) is 10.8 Å². The number of benzene rings is 3. The molecule has 1 fully saturated rings. The molecule has 1 heterocycles. The second kappa shape index (κ2) is 10.6. The zero-order chi connectivity index (χ0) is 21.5. The summed E-state index contributed by atoms with van der Waals surface area (Å²) in [6.45, 7) is 3.64. The highest BCUT2D eigenvalue weighted by Crippen LogP contribution is 2.29. The van der Waals surface area contributed by atoms with Crippen molar-refractivity contribution in [1.82, 2.24) is 0 Å². The lowest BCUT2D eigenvalue weighted by atomic mass is 10.1. The second-order valence-corrected chi connectivity index (χ2v) is 8.01. The first kappa shape index (κ1) is 21.6. The minimum Gasteiger partial charge on any atom is -0.493 e.